The van der Waals surface area contributed by atoms with Gasteiger partial charge in [-0.05, 0) is 53.6 Å². The Morgan fingerprint density at radius 3 is 2.57 bits per heavy atom. The molecule has 30 heavy (non-hydrogen) atoms. The van der Waals surface area contributed by atoms with Crippen molar-refractivity contribution >= 4 is 43.9 Å². The van der Waals surface area contributed by atoms with Crippen LogP contribution >= 0.6 is 22.9 Å². The van der Waals surface area contributed by atoms with E-state index in [-0.39, 0.29) is 28.6 Å². The van der Waals surface area contributed by atoms with Gasteiger partial charge in [0.2, 0.25) is 10.0 Å². The Morgan fingerprint density at radius 2 is 1.83 bits per heavy atom. The van der Waals surface area contributed by atoms with Crippen molar-refractivity contribution in [3.05, 3.63) is 97.4 Å². The number of rotatable bonds is 6. The van der Waals surface area contributed by atoms with Crippen LogP contribution < -0.4 is 5.56 Å². The van der Waals surface area contributed by atoms with E-state index in [1.165, 1.54) is 21.7 Å². The molecule has 0 aliphatic heterocycles. The van der Waals surface area contributed by atoms with Gasteiger partial charge in [0.15, 0.2) is 0 Å². The molecular weight excluding hydrogens is 440 g/mol. The summed E-state index contributed by atoms with van der Waals surface area (Å²) < 4.78 is 28.2. The molecule has 2 aromatic heterocycles. The average molecular weight is 459 g/mol. The number of aromatic nitrogens is 1. The van der Waals surface area contributed by atoms with Crippen molar-refractivity contribution in [1.29, 1.82) is 0 Å². The van der Waals surface area contributed by atoms with E-state index in [1.54, 1.807) is 24.3 Å². The summed E-state index contributed by atoms with van der Waals surface area (Å²) in [6, 6.07) is 17.6. The van der Waals surface area contributed by atoms with Gasteiger partial charge < -0.3 is 4.98 Å². The highest BCUT2D eigenvalue weighted by molar-refractivity contribution is 7.89. The molecule has 0 amide bonds. The SMILES string of the molecule is Cc1ccc2cc(CN(Cc3cccs3)S(=O)(=O)c3ccccc3Cl)c(=O)[nH]c2c1. The number of benzene rings is 2. The van der Waals surface area contributed by atoms with Crippen LogP contribution in [0.2, 0.25) is 5.02 Å². The molecule has 0 aliphatic carbocycles. The number of hydrogen-bond acceptors (Lipinski definition) is 4. The molecule has 0 radical (unpaired) electrons. The van der Waals surface area contributed by atoms with Crippen LogP contribution in [0.25, 0.3) is 10.9 Å². The first-order valence-corrected chi connectivity index (χ1v) is 11.9. The monoisotopic (exact) mass is 458 g/mol. The van der Waals surface area contributed by atoms with Crippen LogP contribution in [0.5, 0.6) is 0 Å². The zero-order valence-electron chi connectivity index (χ0n) is 16.1. The lowest BCUT2D eigenvalue weighted by Gasteiger charge is -2.22. The molecule has 8 heteroatoms. The summed E-state index contributed by atoms with van der Waals surface area (Å²) in [6.45, 7) is 2.03. The summed E-state index contributed by atoms with van der Waals surface area (Å²) in [4.78, 5) is 16.5. The van der Waals surface area contributed by atoms with Gasteiger partial charge in [0.25, 0.3) is 5.56 Å². The third-order valence-corrected chi connectivity index (χ3v) is 7.94. The molecule has 4 aromatic rings. The third kappa shape index (κ3) is 4.20. The average Bonchev–Trinajstić information content (AvgIpc) is 3.21. The first-order chi connectivity index (χ1) is 14.3. The Hall–Kier alpha value is -2.45. The molecule has 4 rings (SSSR count). The molecule has 1 N–H and O–H groups in total. The van der Waals surface area contributed by atoms with E-state index in [9.17, 15) is 13.2 Å². The van der Waals surface area contributed by atoms with Crippen LogP contribution in [-0.2, 0) is 23.1 Å². The summed E-state index contributed by atoms with van der Waals surface area (Å²) >= 11 is 7.65. The minimum absolute atomic E-state index is 0.0241. The highest BCUT2D eigenvalue weighted by atomic mass is 35.5. The van der Waals surface area contributed by atoms with E-state index in [0.29, 0.717) is 5.56 Å². The van der Waals surface area contributed by atoms with Crippen molar-refractivity contribution in [2.24, 2.45) is 0 Å². The number of thiophene rings is 1. The van der Waals surface area contributed by atoms with Crippen molar-refractivity contribution in [2.45, 2.75) is 24.9 Å². The molecule has 0 fully saturated rings. The van der Waals surface area contributed by atoms with Gasteiger partial charge in [-0.15, -0.1) is 11.3 Å². The van der Waals surface area contributed by atoms with Crippen LogP contribution in [0.4, 0.5) is 0 Å². The maximum absolute atomic E-state index is 13.4. The molecule has 2 aromatic carbocycles. The van der Waals surface area contributed by atoms with E-state index in [0.717, 1.165) is 21.3 Å². The van der Waals surface area contributed by atoms with Gasteiger partial charge in [0.05, 0.1) is 5.02 Å². The minimum atomic E-state index is -3.93. The van der Waals surface area contributed by atoms with Crippen LogP contribution in [0.1, 0.15) is 16.0 Å². The van der Waals surface area contributed by atoms with Crippen LogP contribution in [0, 0.1) is 6.92 Å². The molecular formula is C22H19ClN2O3S2. The number of aromatic amines is 1. The van der Waals surface area contributed by atoms with Crippen LogP contribution in [0.15, 0.2) is 75.7 Å². The Kier molecular flexibility index (Phi) is 5.79. The van der Waals surface area contributed by atoms with E-state index in [1.807, 2.05) is 42.6 Å². The lowest BCUT2D eigenvalue weighted by molar-refractivity contribution is 0.402. The lowest BCUT2D eigenvalue weighted by atomic mass is 10.1. The summed E-state index contributed by atoms with van der Waals surface area (Å²) in [5, 5.41) is 2.89. The Labute approximate surface area is 183 Å². The van der Waals surface area contributed by atoms with Crippen molar-refractivity contribution < 1.29 is 8.42 Å². The van der Waals surface area contributed by atoms with E-state index in [2.05, 4.69) is 4.98 Å². The van der Waals surface area contributed by atoms with Crippen molar-refractivity contribution in [1.82, 2.24) is 9.29 Å². The van der Waals surface area contributed by atoms with Gasteiger partial charge >= 0.3 is 0 Å². The number of nitrogens with one attached hydrogen (secondary N) is 1. The van der Waals surface area contributed by atoms with Gasteiger partial charge in [-0.3, -0.25) is 4.79 Å². The summed E-state index contributed by atoms with van der Waals surface area (Å²) in [7, 11) is -3.93. The Balaban J connectivity index is 1.78. The zero-order valence-corrected chi connectivity index (χ0v) is 18.5. The molecule has 0 saturated carbocycles. The first kappa shape index (κ1) is 20.8. The molecule has 0 aliphatic rings. The van der Waals surface area contributed by atoms with Gasteiger partial charge in [-0.2, -0.15) is 4.31 Å². The van der Waals surface area contributed by atoms with Crippen LogP contribution in [0.3, 0.4) is 0 Å². The number of aryl methyl sites for hydroxylation is 1. The van der Waals surface area contributed by atoms with Gasteiger partial charge in [0, 0.05) is 29.0 Å². The van der Waals surface area contributed by atoms with Crippen molar-refractivity contribution in [3.8, 4) is 0 Å². The minimum Gasteiger partial charge on any atom is -0.322 e. The number of fused-ring (bicyclic) bond motifs is 1. The standard InChI is InChI=1S/C22H19ClN2O3S2/c1-15-8-9-16-12-17(22(26)24-20(16)11-15)13-25(14-18-5-4-10-29-18)30(27,28)21-7-3-2-6-19(21)23/h2-12H,13-14H2,1H3,(H,24,26). The molecule has 5 nitrogen and oxygen atoms in total. The highest BCUT2D eigenvalue weighted by Gasteiger charge is 2.28. The summed E-state index contributed by atoms with van der Waals surface area (Å²) in [5.74, 6) is 0. The number of hydrogen-bond donors (Lipinski definition) is 1. The Bertz CT molecular complexity index is 1360. The molecule has 154 valence electrons. The number of halogens is 1. The molecule has 0 bridgehead atoms. The van der Waals surface area contributed by atoms with Crippen molar-refractivity contribution in [2.75, 3.05) is 0 Å². The fraction of sp³-hybridized carbons (Fsp3) is 0.136. The number of sulfonamides is 1. The van der Waals surface area contributed by atoms with Gasteiger partial charge in [-0.25, -0.2) is 8.42 Å². The maximum atomic E-state index is 13.4. The number of H-pyrrole nitrogens is 1. The molecule has 0 spiro atoms. The van der Waals surface area contributed by atoms with E-state index in [4.69, 9.17) is 11.6 Å². The fourth-order valence-electron chi connectivity index (χ4n) is 3.26. The molecule has 0 saturated heterocycles. The first-order valence-electron chi connectivity index (χ1n) is 9.24. The third-order valence-electron chi connectivity index (χ3n) is 4.79. The number of pyridine rings is 1. The molecule has 0 atom stereocenters. The second kappa shape index (κ2) is 8.35. The smallest absolute Gasteiger partial charge is 0.252 e. The zero-order chi connectivity index (χ0) is 21.3. The summed E-state index contributed by atoms with van der Waals surface area (Å²) in [5.41, 5.74) is 1.83. The van der Waals surface area contributed by atoms with E-state index < -0.39 is 10.0 Å². The van der Waals surface area contributed by atoms with Crippen LogP contribution in [-0.4, -0.2) is 17.7 Å². The van der Waals surface area contributed by atoms with Gasteiger partial charge in [0.1, 0.15) is 4.90 Å². The fourth-order valence-corrected chi connectivity index (χ4v) is 5.95. The van der Waals surface area contributed by atoms with Gasteiger partial charge in [-0.1, -0.05) is 41.9 Å². The predicted octanol–water partition coefficient (Wildman–Crippen LogP) is 4.94. The predicted molar refractivity (Wildman–Crippen MR) is 122 cm³/mol. The molecule has 0 unspecified atom stereocenters. The second-order valence-electron chi connectivity index (χ2n) is 7.00. The topological polar surface area (TPSA) is 70.2 Å². The quantitative estimate of drug-likeness (QED) is 0.444. The largest absolute Gasteiger partial charge is 0.322 e. The molecule has 2 heterocycles. The Morgan fingerprint density at radius 1 is 1.03 bits per heavy atom. The summed E-state index contributed by atoms with van der Waals surface area (Å²) in [6.07, 6.45) is 0. The lowest BCUT2D eigenvalue weighted by Crippen LogP contribution is -2.32. The van der Waals surface area contributed by atoms with E-state index >= 15 is 0 Å². The van der Waals surface area contributed by atoms with Crippen molar-refractivity contribution in [3.63, 3.8) is 0 Å². The highest BCUT2D eigenvalue weighted by Crippen LogP contribution is 2.27. The maximum Gasteiger partial charge on any atom is 0.252 e. The normalized spacial score (nSPS) is 12.0. The second-order valence-corrected chi connectivity index (χ2v) is 10.3. The number of nitrogens with zero attached hydrogens (tertiary/aromatic N) is 1.